The van der Waals surface area contributed by atoms with Crippen molar-refractivity contribution in [3.63, 3.8) is 0 Å². The van der Waals surface area contributed by atoms with E-state index in [0.29, 0.717) is 17.0 Å². The molecule has 0 heterocycles. The third-order valence-corrected chi connectivity index (χ3v) is 4.21. The van der Waals surface area contributed by atoms with Gasteiger partial charge in [-0.25, -0.2) is 0 Å². The summed E-state index contributed by atoms with van der Waals surface area (Å²) in [4.78, 5) is 11.9. The number of thioether (sulfide) groups is 1. The Morgan fingerprint density at radius 2 is 2.00 bits per heavy atom. The maximum Gasteiger partial charge on any atom is 0.234 e. The van der Waals surface area contributed by atoms with E-state index in [1.54, 1.807) is 36.0 Å². The molecule has 0 bridgehead atoms. The second-order valence-corrected chi connectivity index (χ2v) is 5.93. The molecule has 1 N–H and O–H groups in total. The smallest absolute Gasteiger partial charge is 0.234 e. The lowest BCUT2D eigenvalue weighted by atomic mass is 10.2. The van der Waals surface area contributed by atoms with Crippen molar-refractivity contribution in [2.24, 2.45) is 0 Å². The van der Waals surface area contributed by atoms with Crippen LogP contribution in [0.25, 0.3) is 0 Å². The van der Waals surface area contributed by atoms with Crippen molar-refractivity contribution in [2.45, 2.75) is 12.2 Å². The second-order valence-electron chi connectivity index (χ2n) is 4.60. The molecule has 0 aromatic heterocycles. The van der Waals surface area contributed by atoms with E-state index >= 15 is 0 Å². The van der Waals surface area contributed by atoms with Gasteiger partial charge in [-0.2, -0.15) is 5.26 Å². The van der Waals surface area contributed by atoms with Crippen LogP contribution in [0.5, 0.6) is 0 Å². The van der Waals surface area contributed by atoms with E-state index in [-0.39, 0.29) is 11.2 Å². The molecule has 1 atom stereocenters. The largest absolute Gasteiger partial charge is 0.325 e. The highest BCUT2D eigenvalue weighted by Crippen LogP contribution is 2.27. The van der Waals surface area contributed by atoms with Crippen molar-refractivity contribution >= 4 is 23.4 Å². The molecule has 3 nitrogen and oxygen atoms in total. The molecule has 0 saturated heterocycles. The van der Waals surface area contributed by atoms with E-state index in [0.717, 1.165) is 0 Å². The fourth-order valence-corrected chi connectivity index (χ4v) is 2.71. The monoisotopic (exact) mass is 296 g/mol. The number of nitriles is 1. The van der Waals surface area contributed by atoms with Gasteiger partial charge in [-0.3, -0.25) is 4.79 Å². The minimum atomic E-state index is -0.0575. The third kappa shape index (κ3) is 4.66. The number of nitrogens with zero attached hydrogens (tertiary/aromatic N) is 1. The number of hydrogen-bond acceptors (Lipinski definition) is 3. The van der Waals surface area contributed by atoms with Gasteiger partial charge in [0.1, 0.15) is 0 Å². The summed E-state index contributed by atoms with van der Waals surface area (Å²) >= 11 is 1.59. The Morgan fingerprint density at radius 3 is 2.71 bits per heavy atom. The van der Waals surface area contributed by atoms with Gasteiger partial charge in [0.25, 0.3) is 0 Å². The summed E-state index contributed by atoms with van der Waals surface area (Å²) in [5.74, 6) is 0.324. The molecular formula is C17H16N2OS. The first-order valence-electron chi connectivity index (χ1n) is 6.65. The summed E-state index contributed by atoms with van der Waals surface area (Å²) in [5, 5.41) is 11.9. The number of amides is 1. The second kappa shape index (κ2) is 7.51. The van der Waals surface area contributed by atoms with E-state index in [2.05, 4.69) is 30.4 Å². The lowest BCUT2D eigenvalue weighted by Crippen LogP contribution is -2.14. The minimum Gasteiger partial charge on any atom is -0.325 e. The molecule has 2 aromatic rings. The molecule has 0 spiro atoms. The summed E-state index contributed by atoms with van der Waals surface area (Å²) in [6.07, 6.45) is 0. The van der Waals surface area contributed by atoms with E-state index in [1.165, 1.54) is 5.56 Å². The van der Waals surface area contributed by atoms with Crippen LogP contribution < -0.4 is 5.32 Å². The zero-order chi connectivity index (χ0) is 15.1. The quantitative estimate of drug-likeness (QED) is 0.907. The van der Waals surface area contributed by atoms with Crippen LogP contribution in [0.4, 0.5) is 5.69 Å². The molecule has 106 valence electrons. The number of carbonyl (C=O) groups excluding carboxylic acids is 1. The number of hydrogen-bond donors (Lipinski definition) is 1. The molecule has 1 amide bonds. The van der Waals surface area contributed by atoms with E-state index in [1.807, 2.05) is 18.2 Å². The predicted molar refractivity (Wildman–Crippen MR) is 87.1 cm³/mol. The lowest BCUT2D eigenvalue weighted by molar-refractivity contribution is -0.113. The van der Waals surface area contributed by atoms with Crippen LogP contribution in [0.1, 0.15) is 23.3 Å². The van der Waals surface area contributed by atoms with Crippen molar-refractivity contribution < 1.29 is 4.79 Å². The van der Waals surface area contributed by atoms with Gasteiger partial charge in [0.2, 0.25) is 5.91 Å². The summed E-state index contributed by atoms with van der Waals surface area (Å²) in [6.45, 7) is 2.09. The summed E-state index contributed by atoms with van der Waals surface area (Å²) < 4.78 is 0. The van der Waals surface area contributed by atoms with E-state index < -0.39 is 0 Å². The molecule has 0 aliphatic heterocycles. The summed E-state index contributed by atoms with van der Waals surface area (Å²) in [7, 11) is 0. The van der Waals surface area contributed by atoms with Gasteiger partial charge in [0, 0.05) is 10.9 Å². The lowest BCUT2D eigenvalue weighted by Gasteiger charge is -2.11. The number of rotatable bonds is 5. The third-order valence-electron chi connectivity index (χ3n) is 3.01. The first-order valence-corrected chi connectivity index (χ1v) is 7.70. The number of anilines is 1. The van der Waals surface area contributed by atoms with Gasteiger partial charge in [0.05, 0.1) is 17.4 Å². The van der Waals surface area contributed by atoms with Crippen molar-refractivity contribution in [3.8, 4) is 6.07 Å². The standard InChI is InChI=1S/C17H16N2OS/c1-13(15-7-3-2-4-8-15)21-12-17(20)19-16-9-5-6-14(10-16)11-18/h2-10,13H,12H2,1H3,(H,19,20)/t13-/m1/s1. The molecule has 2 aromatic carbocycles. The Kier molecular flexibility index (Phi) is 5.42. The molecule has 0 radical (unpaired) electrons. The van der Waals surface area contributed by atoms with Crippen LogP contribution in [-0.4, -0.2) is 11.7 Å². The Hall–Kier alpha value is -2.25. The van der Waals surface area contributed by atoms with Crippen LogP contribution in [-0.2, 0) is 4.79 Å². The Labute approximate surface area is 129 Å². The highest BCUT2D eigenvalue weighted by atomic mass is 32.2. The van der Waals surface area contributed by atoms with Crippen LogP contribution in [0.15, 0.2) is 54.6 Å². The SMILES string of the molecule is C[C@@H](SCC(=O)Nc1cccc(C#N)c1)c1ccccc1. The first-order chi connectivity index (χ1) is 10.2. The first kappa shape index (κ1) is 15.1. The molecular weight excluding hydrogens is 280 g/mol. The van der Waals surface area contributed by atoms with Crippen molar-refractivity contribution in [2.75, 3.05) is 11.1 Å². The summed E-state index contributed by atoms with van der Waals surface area (Å²) in [5.41, 5.74) is 2.41. The normalized spacial score (nSPS) is 11.4. The van der Waals surface area contributed by atoms with E-state index in [9.17, 15) is 4.79 Å². The molecule has 0 unspecified atom stereocenters. The highest BCUT2D eigenvalue weighted by Gasteiger charge is 2.09. The van der Waals surface area contributed by atoms with E-state index in [4.69, 9.17) is 5.26 Å². The fraction of sp³-hybridized carbons (Fsp3) is 0.176. The highest BCUT2D eigenvalue weighted by molar-refractivity contribution is 8.00. The van der Waals surface area contributed by atoms with Crippen LogP contribution in [0.2, 0.25) is 0 Å². The molecule has 0 aliphatic rings. The van der Waals surface area contributed by atoms with Crippen LogP contribution in [0, 0.1) is 11.3 Å². The molecule has 21 heavy (non-hydrogen) atoms. The van der Waals surface area contributed by atoms with Gasteiger partial charge in [-0.1, -0.05) is 36.4 Å². The van der Waals surface area contributed by atoms with Gasteiger partial charge in [-0.05, 0) is 30.7 Å². The van der Waals surface area contributed by atoms with Crippen LogP contribution in [0.3, 0.4) is 0 Å². The Balaban J connectivity index is 1.86. The zero-order valence-electron chi connectivity index (χ0n) is 11.7. The van der Waals surface area contributed by atoms with Gasteiger partial charge >= 0.3 is 0 Å². The van der Waals surface area contributed by atoms with Gasteiger partial charge < -0.3 is 5.32 Å². The number of carbonyl (C=O) groups is 1. The summed E-state index contributed by atoms with van der Waals surface area (Å²) in [6, 6.07) is 19.1. The minimum absolute atomic E-state index is 0.0575. The maximum absolute atomic E-state index is 11.9. The number of nitrogens with one attached hydrogen (secondary N) is 1. The molecule has 0 saturated carbocycles. The van der Waals surface area contributed by atoms with Crippen molar-refractivity contribution in [1.82, 2.24) is 0 Å². The molecule has 4 heteroatoms. The number of benzene rings is 2. The predicted octanol–water partition coefficient (Wildman–Crippen LogP) is 3.99. The average molecular weight is 296 g/mol. The molecule has 0 fully saturated rings. The Bertz CT molecular complexity index is 649. The molecule has 2 rings (SSSR count). The fourth-order valence-electron chi connectivity index (χ4n) is 1.88. The topological polar surface area (TPSA) is 52.9 Å². The van der Waals surface area contributed by atoms with Crippen molar-refractivity contribution in [3.05, 3.63) is 65.7 Å². The van der Waals surface area contributed by atoms with Crippen molar-refractivity contribution in [1.29, 1.82) is 5.26 Å². The van der Waals surface area contributed by atoms with Crippen LogP contribution >= 0.6 is 11.8 Å². The molecule has 0 aliphatic carbocycles. The maximum atomic E-state index is 11.9. The zero-order valence-corrected chi connectivity index (χ0v) is 12.6. The average Bonchev–Trinajstić information content (AvgIpc) is 2.53. The van der Waals surface area contributed by atoms with Gasteiger partial charge in [0.15, 0.2) is 0 Å². The van der Waals surface area contributed by atoms with Gasteiger partial charge in [-0.15, -0.1) is 11.8 Å². The Morgan fingerprint density at radius 1 is 1.24 bits per heavy atom.